The van der Waals surface area contributed by atoms with E-state index in [0.29, 0.717) is 6.04 Å². The van der Waals surface area contributed by atoms with Gasteiger partial charge in [0.25, 0.3) is 0 Å². The van der Waals surface area contributed by atoms with Crippen LogP contribution in [0.5, 0.6) is 0 Å². The van der Waals surface area contributed by atoms with Gasteiger partial charge in [0.15, 0.2) is 0 Å². The summed E-state index contributed by atoms with van der Waals surface area (Å²) in [4.78, 5) is 1.62. The van der Waals surface area contributed by atoms with Crippen LogP contribution in [0.4, 0.5) is 0 Å². The molecule has 1 fully saturated rings. The number of nitrogens with zero attached hydrogens (tertiary/aromatic N) is 3. The molecule has 0 radical (unpaired) electrons. The third kappa shape index (κ3) is 3.50. The highest BCUT2D eigenvalue weighted by atomic mass is 15.4. The topological polar surface area (TPSA) is 42.7 Å². The molecule has 1 saturated carbocycles. The first-order chi connectivity index (χ1) is 10.2. The number of aromatic nitrogens is 3. The molecule has 0 amide bonds. The highest BCUT2D eigenvalue weighted by Gasteiger charge is 2.24. The largest absolute Gasteiger partial charge is 0.302 e. The summed E-state index contributed by atoms with van der Waals surface area (Å²) in [6.45, 7) is 2.17. The van der Waals surface area contributed by atoms with E-state index in [1.54, 1.807) is 4.80 Å². The zero-order valence-electron chi connectivity index (χ0n) is 12.9. The van der Waals surface area contributed by atoms with E-state index in [9.17, 15) is 0 Å². The first-order valence-electron chi connectivity index (χ1n) is 7.89. The average molecular weight is 284 g/mol. The predicted molar refractivity (Wildman–Crippen MR) is 83.7 cm³/mol. The van der Waals surface area contributed by atoms with Gasteiger partial charge in [0, 0.05) is 13.1 Å². The number of hydrogen-bond donors (Lipinski definition) is 1. The monoisotopic (exact) mass is 284 g/mol. The average Bonchev–Trinajstić information content (AvgIpc) is 2.89. The molecule has 1 heterocycles. The molecular formula is C17H24N4. The van der Waals surface area contributed by atoms with E-state index >= 15 is 0 Å². The Kier molecular flexibility index (Phi) is 4.34. The van der Waals surface area contributed by atoms with Crippen molar-refractivity contribution in [2.24, 2.45) is 13.0 Å². The van der Waals surface area contributed by atoms with Crippen molar-refractivity contribution in [3.05, 3.63) is 47.8 Å². The molecule has 112 valence electrons. The minimum Gasteiger partial charge on any atom is -0.302 e. The quantitative estimate of drug-likeness (QED) is 0.884. The van der Waals surface area contributed by atoms with Crippen LogP contribution in [0.1, 0.15) is 55.9 Å². The molecule has 1 aliphatic carbocycles. The zero-order valence-corrected chi connectivity index (χ0v) is 12.9. The maximum atomic E-state index is 4.41. The van der Waals surface area contributed by atoms with Crippen molar-refractivity contribution in [1.29, 1.82) is 0 Å². The standard InChI is InChI=1S/C17H24N4/c1-13(17-12-18-21(2)20-17)19-16(11-14-7-6-8-14)15-9-4-3-5-10-15/h3-5,9-10,12-14,16,19H,6-8,11H2,1-2H3/t13-,16+/m1/s1. The Hall–Kier alpha value is -1.68. The summed E-state index contributed by atoms with van der Waals surface area (Å²) >= 11 is 0. The molecule has 1 N–H and O–H groups in total. The Labute approximate surface area is 126 Å². The van der Waals surface area contributed by atoms with Gasteiger partial charge >= 0.3 is 0 Å². The van der Waals surface area contributed by atoms with Crippen molar-refractivity contribution in [3.63, 3.8) is 0 Å². The lowest BCUT2D eigenvalue weighted by Gasteiger charge is -2.31. The van der Waals surface area contributed by atoms with E-state index in [2.05, 4.69) is 52.8 Å². The maximum Gasteiger partial charge on any atom is 0.0993 e. The number of hydrogen-bond acceptors (Lipinski definition) is 3. The van der Waals surface area contributed by atoms with Gasteiger partial charge in [-0.25, -0.2) is 0 Å². The summed E-state index contributed by atoms with van der Waals surface area (Å²) in [6, 6.07) is 11.4. The molecule has 3 rings (SSSR count). The van der Waals surface area contributed by atoms with Crippen LogP contribution in [0.15, 0.2) is 36.5 Å². The van der Waals surface area contributed by atoms with E-state index in [1.165, 1.54) is 31.2 Å². The van der Waals surface area contributed by atoms with Crippen molar-refractivity contribution in [2.45, 2.75) is 44.7 Å². The van der Waals surface area contributed by atoms with Crippen LogP contribution in [0.2, 0.25) is 0 Å². The summed E-state index contributed by atoms with van der Waals surface area (Å²) in [7, 11) is 1.86. The molecular weight excluding hydrogens is 260 g/mol. The fourth-order valence-electron chi connectivity index (χ4n) is 2.99. The molecule has 1 aromatic heterocycles. The highest BCUT2D eigenvalue weighted by Crippen LogP contribution is 2.35. The fraction of sp³-hybridized carbons (Fsp3) is 0.529. The summed E-state index contributed by atoms with van der Waals surface area (Å²) in [5.41, 5.74) is 2.38. The minimum atomic E-state index is 0.212. The fourth-order valence-corrected chi connectivity index (χ4v) is 2.99. The minimum absolute atomic E-state index is 0.212. The van der Waals surface area contributed by atoms with Crippen LogP contribution in [-0.4, -0.2) is 15.0 Å². The van der Waals surface area contributed by atoms with E-state index in [1.807, 2.05) is 13.2 Å². The van der Waals surface area contributed by atoms with Crippen LogP contribution >= 0.6 is 0 Å². The van der Waals surface area contributed by atoms with Gasteiger partial charge in [0.05, 0.1) is 17.9 Å². The number of aryl methyl sites for hydroxylation is 1. The van der Waals surface area contributed by atoms with Crippen LogP contribution in [-0.2, 0) is 7.05 Å². The van der Waals surface area contributed by atoms with Crippen LogP contribution in [0.25, 0.3) is 0 Å². The van der Waals surface area contributed by atoms with Gasteiger partial charge in [-0.15, -0.1) is 0 Å². The Morgan fingerprint density at radius 2 is 2.05 bits per heavy atom. The Morgan fingerprint density at radius 1 is 1.29 bits per heavy atom. The van der Waals surface area contributed by atoms with Gasteiger partial charge < -0.3 is 5.32 Å². The SMILES string of the molecule is C[C@@H](N[C@@H](CC1CCC1)c1ccccc1)c1cnn(C)n1. The van der Waals surface area contributed by atoms with E-state index < -0.39 is 0 Å². The third-order valence-electron chi connectivity index (χ3n) is 4.51. The Balaban J connectivity index is 1.72. The van der Waals surface area contributed by atoms with Crippen molar-refractivity contribution >= 4 is 0 Å². The second-order valence-corrected chi connectivity index (χ2v) is 6.14. The first-order valence-corrected chi connectivity index (χ1v) is 7.89. The van der Waals surface area contributed by atoms with Crippen molar-refractivity contribution in [3.8, 4) is 0 Å². The molecule has 2 atom stereocenters. The molecule has 0 aliphatic heterocycles. The zero-order chi connectivity index (χ0) is 14.7. The molecule has 4 heteroatoms. The maximum absolute atomic E-state index is 4.41. The van der Waals surface area contributed by atoms with Crippen LogP contribution < -0.4 is 5.32 Å². The lowest BCUT2D eigenvalue weighted by Crippen LogP contribution is -2.28. The van der Waals surface area contributed by atoms with Gasteiger partial charge in [0.1, 0.15) is 0 Å². The van der Waals surface area contributed by atoms with Crippen LogP contribution in [0.3, 0.4) is 0 Å². The number of benzene rings is 1. The summed E-state index contributed by atoms with van der Waals surface area (Å²) in [6.07, 6.45) is 7.22. The highest BCUT2D eigenvalue weighted by molar-refractivity contribution is 5.19. The normalized spacial score (nSPS) is 18.2. The third-order valence-corrected chi connectivity index (χ3v) is 4.51. The second-order valence-electron chi connectivity index (χ2n) is 6.14. The molecule has 4 nitrogen and oxygen atoms in total. The molecule has 21 heavy (non-hydrogen) atoms. The Bertz CT molecular complexity index is 559. The van der Waals surface area contributed by atoms with Crippen molar-refractivity contribution in [1.82, 2.24) is 20.3 Å². The molecule has 0 spiro atoms. The summed E-state index contributed by atoms with van der Waals surface area (Å²) in [5.74, 6) is 0.872. The molecule has 0 unspecified atom stereocenters. The van der Waals surface area contributed by atoms with Gasteiger partial charge in [-0.3, -0.25) is 0 Å². The molecule has 0 saturated heterocycles. The Morgan fingerprint density at radius 3 is 2.62 bits per heavy atom. The molecule has 2 aromatic rings. The second kappa shape index (κ2) is 6.39. The van der Waals surface area contributed by atoms with Gasteiger partial charge in [-0.05, 0) is 24.8 Å². The van der Waals surface area contributed by atoms with E-state index in [4.69, 9.17) is 0 Å². The van der Waals surface area contributed by atoms with E-state index in [-0.39, 0.29) is 6.04 Å². The van der Waals surface area contributed by atoms with Crippen molar-refractivity contribution < 1.29 is 0 Å². The molecule has 0 bridgehead atoms. The van der Waals surface area contributed by atoms with Gasteiger partial charge in [0.2, 0.25) is 0 Å². The lowest BCUT2D eigenvalue weighted by molar-refractivity contribution is 0.253. The van der Waals surface area contributed by atoms with Gasteiger partial charge in [-0.1, -0.05) is 49.6 Å². The predicted octanol–water partition coefficient (Wildman–Crippen LogP) is 3.40. The van der Waals surface area contributed by atoms with Crippen LogP contribution in [0, 0.1) is 5.92 Å². The number of nitrogens with one attached hydrogen (secondary N) is 1. The van der Waals surface area contributed by atoms with Gasteiger partial charge in [-0.2, -0.15) is 15.0 Å². The summed E-state index contributed by atoms with van der Waals surface area (Å²) < 4.78 is 0. The lowest BCUT2D eigenvalue weighted by atomic mass is 9.79. The molecule has 1 aliphatic rings. The first kappa shape index (κ1) is 14.3. The summed E-state index contributed by atoms with van der Waals surface area (Å²) in [5, 5.41) is 12.3. The van der Waals surface area contributed by atoms with E-state index in [0.717, 1.165) is 11.6 Å². The molecule has 1 aromatic carbocycles. The smallest absolute Gasteiger partial charge is 0.0993 e. The van der Waals surface area contributed by atoms with Crippen molar-refractivity contribution in [2.75, 3.05) is 0 Å². The number of rotatable bonds is 6.